The van der Waals surface area contributed by atoms with Crippen molar-refractivity contribution in [3.63, 3.8) is 0 Å². The summed E-state index contributed by atoms with van der Waals surface area (Å²) in [5.74, 6) is -31.6. The summed E-state index contributed by atoms with van der Waals surface area (Å²) in [6.07, 6.45) is -7.54. The van der Waals surface area contributed by atoms with Crippen molar-refractivity contribution in [2.45, 2.75) is 33.8 Å². The van der Waals surface area contributed by atoms with E-state index in [2.05, 4.69) is 2.51 Å². The van der Waals surface area contributed by atoms with Crippen LogP contribution in [0, 0.1) is 3.57 Å². The minimum absolute atomic E-state index is 0.000800. The molecule has 0 radical (unpaired) electrons. The van der Waals surface area contributed by atoms with Gasteiger partial charge in [-0.15, -0.1) is 0 Å². The normalized spacial score (nSPS) is 15.7. The van der Waals surface area contributed by atoms with Crippen LogP contribution in [0.25, 0.3) is 0 Å². The summed E-state index contributed by atoms with van der Waals surface area (Å²) in [6, 6.07) is 3.55. The first-order valence-electron chi connectivity index (χ1n) is 7.06. The van der Waals surface area contributed by atoms with E-state index in [9.17, 15) is 65.5 Å². The van der Waals surface area contributed by atoms with Crippen LogP contribution >= 0.6 is 20.2 Å². The predicted octanol–water partition coefficient (Wildman–Crippen LogP) is 5.95. The van der Waals surface area contributed by atoms with Crippen molar-refractivity contribution in [2.24, 2.45) is 0 Å². The minimum atomic E-state index is -8.07. The van der Waals surface area contributed by atoms with Gasteiger partial charge in [0.1, 0.15) is 0 Å². The standard InChI is InChI=1S/C13H8F13IO3S/c1-31(28,29)30-27(7-5-3-2-4-6-7)13(25,26)11(20,21)9(16,17)8(14,15)10(18,19)12(22,23)24/h2-6H,1H3. The van der Waals surface area contributed by atoms with E-state index in [1.165, 1.54) is 0 Å². The molecule has 1 aromatic rings. The molecule has 0 amide bonds. The molecule has 0 aromatic heterocycles. The number of alkyl halides is 14. The third-order valence-electron chi connectivity index (χ3n) is 3.22. The summed E-state index contributed by atoms with van der Waals surface area (Å²) in [7, 11) is -5.15. The summed E-state index contributed by atoms with van der Waals surface area (Å²) in [6.45, 7) is 0. The Morgan fingerprint density at radius 1 is 0.677 bits per heavy atom. The second-order valence-electron chi connectivity index (χ2n) is 5.60. The van der Waals surface area contributed by atoms with Gasteiger partial charge in [0, 0.05) is 0 Å². The molecular weight excluding hydrogens is 610 g/mol. The average Bonchev–Trinajstić information content (AvgIpc) is 2.57. The van der Waals surface area contributed by atoms with Crippen LogP contribution in [0.15, 0.2) is 30.3 Å². The molecule has 0 fully saturated rings. The van der Waals surface area contributed by atoms with Gasteiger partial charge in [-0.25, -0.2) is 0 Å². The van der Waals surface area contributed by atoms with E-state index in [0.29, 0.717) is 12.1 Å². The Hall–Kier alpha value is -1.05. The van der Waals surface area contributed by atoms with E-state index in [4.69, 9.17) is 0 Å². The second kappa shape index (κ2) is 8.07. The quantitative estimate of drug-likeness (QED) is 0.206. The first-order chi connectivity index (χ1) is 13.5. The first kappa shape index (κ1) is 28.0. The monoisotopic (exact) mass is 618 g/mol. The average molecular weight is 618 g/mol. The molecule has 3 nitrogen and oxygen atoms in total. The van der Waals surface area contributed by atoms with Crippen LogP contribution in [0.3, 0.4) is 0 Å². The first-order valence-corrected chi connectivity index (χ1v) is 11.9. The van der Waals surface area contributed by atoms with Crippen molar-refractivity contribution in [3.05, 3.63) is 33.9 Å². The SMILES string of the molecule is CS(=O)(=O)OI(c1ccccc1)C(F)(F)C(F)(F)C(F)(F)C(F)(F)C(F)(F)C(F)(F)F. The molecule has 1 aromatic carbocycles. The van der Waals surface area contributed by atoms with E-state index in [1.54, 1.807) is 0 Å². The van der Waals surface area contributed by atoms with E-state index in [0.717, 1.165) is 18.2 Å². The van der Waals surface area contributed by atoms with Gasteiger partial charge in [-0.2, -0.15) is 0 Å². The fraction of sp³-hybridized carbons (Fsp3) is 0.538. The molecule has 0 unspecified atom stereocenters. The van der Waals surface area contributed by atoms with Crippen LogP contribution in [-0.2, 0) is 12.6 Å². The van der Waals surface area contributed by atoms with Crippen molar-refractivity contribution in [3.8, 4) is 0 Å². The van der Waals surface area contributed by atoms with Gasteiger partial charge in [0.15, 0.2) is 0 Å². The Bertz CT molecular complexity index is 884. The Morgan fingerprint density at radius 2 is 1.06 bits per heavy atom. The summed E-state index contributed by atoms with van der Waals surface area (Å²) in [4.78, 5) is 0. The molecular formula is C13H8F13IO3S. The molecule has 0 N–H and O–H groups in total. The molecule has 0 bridgehead atoms. The van der Waals surface area contributed by atoms with Crippen molar-refractivity contribution in [1.82, 2.24) is 0 Å². The molecule has 0 aliphatic heterocycles. The van der Waals surface area contributed by atoms with Gasteiger partial charge in [0.05, 0.1) is 0 Å². The topological polar surface area (TPSA) is 43.4 Å². The maximum absolute atomic E-state index is 14.4. The van der Waals surface area contributed by atoms with E-state index >= 15 is 0 Å². The molecule has 1 rings (SSSR count). The molecule has 18 heteroatoms. The van der Waals surface area contributed by atoms with Gasteiger partial charge in [0.25, 0.3) is 0 Å². The zero-order valence-corrected chi connectivity index (χ0v) is 17.3. The van der Waals surface area contributed by atoms with Crippen molar-refractivity contribution in [1.29, 1.82) is 0 Å². The zero-order valence-electron chi connectivity index (χ0n) is 14.3. The molecule has 0 aliphatic rings. The third-order valence-corrected chi connectivity index (χ3v) is 10.4. The van der Waals surface area contributed by atoms with Crippen LogP contribution in [0.4, 0.5) is 57.1 Å². The number of benzene rings is 1. The van der Waals surface area contributed by atoms with Crippen LogP contribution in [0.5, 0.6) is 0 Å². The van der Waals surface area contributed by atoms with Crippen LogP contribution in [0.2, 0.25) is 0 Å². The Morgan fingerprint density at radius 3 is 1.42 bits per heavy atom. The van der Waals surface area contributed by atoms with E-state index < -0.39 is 67.7 Å². The molecule has 0 atom stereocenters. The van der Waals surface area contributed by atoms with E-state index in [1.807, 2.05) is 0 Å². The fourth-order valence-corrected chi connectivity index (χ4v) is 8.16. The Balaban J connectivity index is 3.72. The summed E-state index contributed by atoms with van der Waals surface area (Å²) < 4.78 is 191. The number of hydrogen-bond donors (Lipinski definition) is 0. The van der Waals surface area contributed by atoms with Crippen molar-refractivity contribution in [2.75, 3.05) is 6.26 Å². The van der Waals surface area contributed by atoms with Crippen molar-refractivity contribution >= 4 is 30.4 Å². The van der Waals surface area contributed by atoms with Crippen molar-refractivity contribution < 1.29 is 68.0 Å². The molecule has 0 aliphatic carbocycles. The number of halogens is 14. The predicted molar refractivity (Wildman–Crippen MR) is 85.9 cm³/mol. The van der Waals surface area contributed by atoms with E-state index in [-0.39, 0.29) is 6.26 Å². The van der Waals surface area contributed by atoms with Crippen LogP contribution in [0.1, 0.15) is 0 Å². The summed E-state index contributed by atoms with van der Waals surface area (Å²) >= 11 is -6.06. The molecule has 0 heterocycles. The summed E-state index contributed by atoms with van der Waals surface area (Å²) in [5.41, 5.74) is 0. The van der Waals surface area contributed by atoms with Gasteiger partial charge >= 0.3 is 172 Å². The van der Waals surface area contributed by atoms with Gasteiger partial charge in [-0.1, -0.05) is 0 Å². The maximum atomic E-state index is 14.4. The van der Waals surface area contributed by atoms with Crippen LogP contribution in [-0.4, -0.2) is 48.5 Å². The second-order valence-corrected chi connectivity index (χ2v) is 12.2. The fourth-order valence-electron chi connectivity index (χ4n) is 1.71. The van der Waals surface area contributed by atoms with Gasteiger partial charge in [0.2, 0.25) is 0 Å². The third kappa shape index (κ3) is 4.69. The molecule has 0 saturated carbocycles. The van der Waals surface area contributed by atoms with Crippen LogP contribution < -0.4 is 0 Å². The van der Waals surface area contributed by atoms with Gasteiger partial charge < -0.3 is 0 Å². The zero-order chi connectivity index (χ0) is 24.9. The Labute approximate surface area is 172 Å². The molecule has 0 spiro atoms. The molecule has 0 saturated heterocycles. The van der Waals surface area contributed by atoms with Gasteiger partial charge in [-0.3, -0.25) is 0 Å². The number of hydrogen-bond acceptors (Lipinski definition) is 3. The Kier molecular flexibility index (Phi) is 7.28. The molecule has 182 valence electrons. The summed E-state index contributed by atoms with van der Waals surface area (Å²) in [5, 5.41) is 0. The van der Waals surface area contributed by atoms with Gasteiger partial charge in [-0.05, 0) is 0 Å². The number of rotatable bonds is 8. The molecule has 31 heavy (non-hydrogen) atoms.